The maximum absolute atomic E-state index is 13.6. The molecule has 1 aromatic rings. The molecule has 1 rings (SSSR count). The smallest absolute Gasteiger partial charge is 0.336 e. The van der Waals surface area contributed by atoms with Crippen molar-refractivity contribution in [3.63, 3.8) is 0 Å². The van der Waals surface area contributed by atoms with Gasteiger partial charge in [-0.2, -0.15) is 13.2 Å². The summed E-state index contributed by atoms with van der Waals surface area (Å²) in [6.07, 6.45) is -4.62. The summed E-state index contributed by atoms with van der Waals surface area (Å²) in [6, 6.07) is 1.81. The highest BCUT2D eigenvalue weighted by molar-refractivity contribution is 9.09. The minimum Gasteiger partial charge on any atom is -0.336 e. The fraction of sp³-hybridized carbons (Fsp3) is 0.462. The number of rotatable bonds is 3. The molecule has 0 saturated carbocycles. The molecule has 7 heteroatoms. The Morgan fingerprint density at radius 3 is 2.30 bits per heavy atom. The lowest BCUT2D eigenvalue weighted by Gasteiger charge is -2.34. The lowest BCUT2D eigenvalue weighted by molar-refractivity contribution is -0.137. The van der Waals surface area contributed by atoms with E-state index in [2.05, 4.69) is 15.9 Å². The second kappa shape index (κ2) is 5.71. The molecule has 0 unspecified atom stereocenters. The van der Waals surface area contributed by atoms with Gasteiger partial charge < -0.3 is 4.90 Å². The number of hydrogen-bond acceptors (Lipinski definition) is 1. The quantitative estimate of drug-likeness (QED) is 0.590. The maximum Gasteiger partial charge on any atom is 0.416 e. The van der Waals surface area contributed by atoms with Crippen LogP contribution in [0, 0.1) is 5.82 Å². The molecule has 0 N–H and O–H groups in total. The van der Waals surface area contributed by atoms with Gasteiger partial charge in [-0.25, -0.2) is 4.39 Å². The Labute approximate surface area is 122 Å². The fourth-order valence-corrected chi connectivity index (χ4v) is 1.79. The van der Waals surface area contributed by atoms with Crippen molar-refractivity contribution in [3.8, 4) is 0 Å². The van der Waals surface area contributed by atoms with Gasteiger partial charge in [-0.05, 0) is 32.0 Å². The molecule has 20 heavy (non-hydrogen) atoms. The van der Waals surface area contributed by atoms with Crippen molar-refractivity contribution in [2.45, 2.75) is 25.6 Å². The van der Waals surface area contributed by atoms with Crippen LogP contribution in [-0.4, -0.2) is 28.7 Å². The van der Waals surface area contributed by atoms with E-state index in [1.165, 1.54) is 11.9 Å². The van der Waals surface area contributed by atoms with E-state index in [9.17, 15) is 22.4 Å². The molecule has 0 aliphatic carbocycles. The number of carbonyl (C=O) groups is 1. The average Bonchev–Trinajstić information content (AvgIpc) is 2.36. The lowest BCUT2D eigenvalue weighted by Crippen LogP contribution is -2.46. The molecule has 112 valence electrons. The molecule has 0 atom stereocenters. The van der Waals surface area contributed by atoms with Gasteiger partial charge >= 0.3 is 6.18 Å². The van der Waals surface area contributed by atoms with Crippen LogP contribution in [-0.2, 0) is 6.18 Å². The Balaban J connectivity index is 3.23. The van der Waals surface area contributed by atoms with E-state index in [0.717, 1.165) is 0 Å². The number of hydrogen-bond donors (Lipinski definition) is 0. The average molecular weight is 356 g/mol. The van der Waals surface area contributed by atoms with Crippen molar-refractivity contribution in [1.29, 1.82) is 0 Å². The van der Waals surface area contributed by atoms with Gasteiger partial charge in [0.05, 0.1) is 11.1 Å². The molecular weight excluding hydrogens is 342 g/mol. The summed E-state index contributed by atoms with van der Waals surface area (Å²) in [7, 11) is 1.42. The third-order valence-corrected chi connectivity index (χ3v) is 4.44. The molecule has 0 heterocycles. The van der Waals surface area contributed by atoms with Crippen molar-refractivity contribution in [1.82, 2.24) is 4.90 Å². The Morgan fingerprint density at radius 2 is 1.85 bits per heavy atom. The Kier molecular flexibility index (Phi) is 4.84. The minimum atomic E-state index is -4.62. The molecule has 1 amide bonds. The number of alkyl halides is 4. The summed E-state index contributed by atoms with van der Waals surface area (Å²) >= 11 is 3.21. The predicted octanol–water partition coefficient (Wildman–Crippen LogP) is 4.09. The number of halogens is 5. The lowest BCUT2D eigenvalue weighted by atomic mass is 10.0. The molecule has 0 bridgehead atoms. The molecule has 2 nitrogen and oxygen atoms in total. The van der Waals surface area contributed by atoms with Crippen molar-refractivity contribution >= 4 is 21.8 Å². The van der Waals surface area contributed by atoms with Gasteiger partial charge in [0.2, 0.25) is 0 Å². The van der Waals surface area contributed by atoms with E-state index in [1.807, 2.05) is 0 Å². The fourth-order valence-electron chi connectivity index (χ4n) is 1.41. The molecular formula is C13H14BrF4NO. The third-order valence-electron chi connectivity index (χ3n) is 3.06. The minimum absolute atomic E-state index is 0.406. The molecule has 1 aromatic carbocycles. The second-order valence-electron chi connectivity index (χ2n) is 5.00. The summed E-state index contributed by atoms with van der Waals surface area (Å²) in [5.74, 6) is -1.77. The molecule has 0 fully saturated rings. The summed E-state index contributed by atoms with van der Waals surface area (Å²) in [6.45, 7) is 3.43. The van der Waals surface area contributed by atoms with Gasteiger partial charge in [0.1, 0.15) is 5.82 Å². The first-order valence-corrected chi connectivity index (χ1v) is 6.83. The molecule has 0 aliphatic rings. The standard InChI is InChI=1S/C13H14BrF4NO/c1-12(2,7-14)19(3)11(20)9-6-8(13(16,17)18)4-5-10(9)15/h4-6H,7H2,1-3H3. The first-order valence-electron chi connectivity index (χ1n) is 5.71. The SMILES string of the molecule is CN(C(=O)c1cc(C(F)(F)F)ccc1F)C(C)(C)CBr. The van der Waals surface area contributed by atoms with Crippen molar-refractivity contribution in [2.75, 3.05) is 12.4 Å². The van der Waals surface area contributed by atoms with Crippen LogP contribution in [0.25, 0.3) is 0 Å². The van der Waals surface area contributed by atoms with Crippen LogP contribution in [0.4, 0.5) is 17.6 Å². The number of benzene rings is 1. The maximum atomic E-state index is 13.6. The van der Waals surface area contributed by atoms with Gasteiger partial charge in [0, 0.05) is 17.9 Å². The Morgan fingerprint density at radius 1 is 1.30 bits per heavy atom. The number of nitrogens with zero attached hydrogens (tertiary/aromatic N) is 1. The van der Waals surface area contributed by atoms with Gasteiger partial charge in [-0.15, -0.1) is 0 Å². The third kappa shape index (κ3) is 3.50. The molecule has 0 aliphatic heterocycles. The van der Waals surface area contributed by atoms with Crippen molar-refractivity contribution in [3.05, 3.63) is 35.1 Å². The monoisotopic (exact) mass is 355 g/mol. The van der Waals surface area contributed by atoms with Crippen LogP contribution in [0.1, 0.15) is 29.8 Å². The highest BCUT2D eigenvalue weighted by Crippen LogP contribution is 2.31. The van der Waals surface area contributed by atoms with E-state index in [1.54, 1.807) is 13.8 Å². The van der Waals surface area contributed by atoms with E-state index in [-0.39, 0.29) is 0 Å². The largest absolute Gasteiger partial charge is 0.416 e. The number of carbonyl (C=O) groups excluding carboxylic acids is 1. The second-order valence-corrected chi connectivity index (χ2v) is 5.56. The van der Waals surface area contributed by atoms with Gasteiger partial charge in [0.15, 0.2) is 0 Å². The van der Waals surface area contributed by atoms with Gasteiger partial charge in [-0.1, -0.05) is 15.9 Å². The van der Waals surface area contributed by atoms with Crippen molar-refractivity contribution in [2.24, 2.45) is 0 Å². The van der Waals surface area contributed by atoms with Crippen LogP contribution in [0.3, 0.4) is 0 Å². The predicted molar refractivity (Wildman–Crippen MR) is 71.4 cm³/mol. The van der Waals surface area contributed by atoms with E-state index < -0.39 is 34.6 Å². The Hall–Kier alpha value is -1.11. The van der Waals surface area contributed by atoms with Gasteiger partial charge in [-0.3, -0.25) is 4.79 Å². The Bertz CT molecular complexity index is 514. The topological polar surface area (TPSA) is 20.3 Å². The molecule has 0 aromatic heterocycles. The van der Waals surface area contributed by atoms with Crippen LogP contribution in [0.5, 0.6) is 0 Å². The summed E-state index contributed by atoms with van der Waals surface area (Å²) < 4.78 is 51.5. The zero-order valence-corrected chi connectivity index (χ0v) is 12.8. The van der Waals surface area contributed by atoms with Crippen LogP contribution in [0.15, 0.2) is 18.2 Å². The normalized spacial score (nSPS) is 12.4. The summed E-state index contributed by atoms with van der Waals surface area (Å²) in [5, 5.41) is 0.406. The molecule has 0 spiro atoms. The molecule has 0 saturated heterocycles. The van der Waals surface area contributed by atoms with Crippen molar-refractivity contribution < 1.29 is 22.4 Å². The number of amides is 1. The highest BCUT2D eigenvalue weighted by atomic mass is 79.9. The molecule has 0 radical (unpaired) electrons. The van der Waals surface area contributed by atoms with Gasteiger partial charge in [0.25, 0.3) is 5.91 Å². The first kappa shape index (κ1) is 16.9. The highest BCUT2D eigenvalue weighted by Gasteiger charge is 2.34. The van der Waals surface area contributed by atoms with E-state index in [4.69, 9.17) is 0 Å². The van der Waals surface area contributed by atoms with Crippen LogP contribution < -0.4 is 0 Å². The summed E-state index contributed by atoms with van der Waals surface area (Å²) in [4.78, 5) is 13.4. The zero-order valence-electron chi connectivity index (χ0n) is 11.2. The van der Waals surface area contributed by atoms with E-state index in [0.29, 0.717) is 23.5 Å². The van der Waals surface area contributed by atoms with Crippen LogP contribution >= 0.6 is 15.9 Å². The zero-order chi connectivity index (χ0) is 15.7. The van der Waals surface area contributed by atoms with Crippen LogP contribution in [0.2, 0.25) is 0 Å². The van der Waals surface area contributed by atoms with E-state index >= 15 is 0 Å². The first-order chi connectivity index (χ1) is 9.00. The summed E-state index contributed by atoms with van der Waals surface area (Å²) in [5.41, 5.74) is -2.29.